The highest BCUT2D eigenvalue weighted by atomic mass is 19.1. The molecule has 20 heavy (non-hydrogen) atoms. The molecule has 0 saturated carbocycles. The number of rotatable bonds is 1. The summed E-state index contributed by atoms with van der Waals surface area (Å²) < 4.78 is 13.9. The SMILES string of the molecule is Cc1ccc(C(=O)N2Cc3ccc(N)cc3C2)c(F)c1. The van der Waals surface area contributed by atoms with Gasteiger partial charge in [-0.15, -0.1) is 0 Å². The molecular weight excluding hydrogens is 255 g/mol. The maximum absolute atomic E-state index is 13.9. The zero-order valence-electron chi connectivity index (χ0n) is 11.2. The molecule has 0 spiro atoms. The number of benzene rings is 2. The Morgan fingerprint density at radius 2 is 1.90 bits per heavy atom. The second kappa shape index (κ2) is 4.63. The Balaban J connectivity index is 1.87. The Hall–Kier alpha value is -2.36. The largest absolute Gasteiger partial charge is 0.399 e. The van der Waals surface area contributed by atoms with Crippen LogP contribution in [0.15, 0.2) is 36.4 Å². The second-order valence-electron chi connectivity index (χ2n) is 5.17. The number of carbonyl (C=O) groups excluding carboxylic acids is 1. The van der Waals surface area contributed by atoms with Crippen LogP contribution in [0.4, 0.5) is 10.1 Å². The molecule has 2 aromatic carbocycles. The Labute approximate surface area is 116 Å². The van der Waals surface area contributed by atoms with E-state index in [0.29, 0.717) is 18.8 Å². The molecule has 3 rings (SSSR count). The molecule has 102 valence electrons. The van der Waals surface area contributed by atoms with Crippen molar-refractivity contribution in [2.45, 2.75) is 20.0 Å². The molecule has 0 atom stereocenters. The molecule has 3 nitrogen and oxygen atoms in total. The molecule has 0 fully saturated rings. The number of nitrogen functional groups attached to an aromatic ring is 1. The fourth-order valence-electron chi connectivity index (χ4n) is 2.52. The van der Waals surface area contributed by atoms with E-state index in [9.17, 15) is 9.18 Å². The topological polar surface area (TPSA) is 46.3 Å². The summed E-state index contributed by atoms with van der Waals surface area (Å²) in [5, 5.41) is 0. The summed E-state index contributed by atoms with van der Waals surface area (Å²) in [6, 6.07) is 10.3. The molecule has 0 saturated heterocycles. The number of halogens is 1. The zero-order valence-corrected chi connectivity index (χ0v) is 11.2. The van der Waals surface area contributed by atoms with E-state index in [1.807, 2.05) is 18.2 Å². The van der Waals surface area contributed by atoms with Crippen molar-refractivity contribution in [3.8, 4) is 0 Å². The molecule has 0 aromatic heterocycles. The Morgan fingerprint density at radius 1 is 1.15 bits per heavy atom. The molecule has 0 bridgehead atoms. The van der Waals surface area contributed by atoms with Gasteiger partial charge in [-0.25, -0.2) is 4.39 Å². The predicted octanol–water partition coefficient (Wildman–Crippen LogP) is 2.87. The first kappa shape index (κ1) is 12.7. The van der Waals surface area contributed by atoms with Gasteiger partial charge in [0.15, 0.2) is 0 Å². The van der Waals surface area contributed by atoms with Gasteiger partial charge in [0.1, 0.15) is 5.82 Å². The van der Waals surface area contributed by atoms with Crippen LogP contribution in [-0.4, -0.2) is 10.8 Å². The van der Waals surface area contributed by atoms with Crippen molar-refractivity contribution >= 4 is 11.6 Å². The molecule has 2 N–H and O–H groups in total. The maximum Gasteiger partial charge on any atom is 0.257 e. The van der Waals surface area contributed by atoms with Crippen LogP contribution in [0.5, 0.6) is 0 Å². The van der Waals surface area contributed by atoms with Gasteiger partial charge >= 0.3 is 0 Å². The number of anilines is 1. The van der Waals surface area contributed by atoms with E-state index in [1.165, 1.54) is 6.07 Å². The van der Waals surface area contributed by atoms with Crippen molar-refractivity contribution in [2.75, 3.05) is 5.73 Å². The van der Waals surface area contributed by atoms with Crippen LogP contribution in [0.1, 0.15) is 27.0 Å². The summed E-state index contributed by atoms with van der Waals surface area (Å²) in [5.74, 6) is -0.747. The summed E-state index contributed by atoms with van der Waals surface area (Å²) in [5.41, 5.74) is 9.45. The fourth-order valence-corrected chi connectivity index (χ4v) is 2.52. The van der Waals surface area contributed by atoms with Gasteiger partial charge in [0, 0.05) is 18.8 Å². The third-order valence-corrected chi connectivity index (χ3v) is 3.59. The number of hydrogen-bond donors (Lipinski definition) is 1. The monoisotopic (exact) mass is 270 g/mol. The highest BCUT2D eigenvalue weighted by molar-refractivity contribution is 5.94. The van der Waals surface area contributed by atoms with Gasteiger partial charge in [-0.3, -0.25) is 4.79 Å². The van der Waals surface area contributed by atoms with Gasteiger partial charge in [0.2, 0.25) is 0 Å². The van der Waals surface area contributed by atoms with E-state index in [2.05, 4.69) is 0 Å². The van der Waals surface area contributed by atoms with Gasteiger partial charge in [-0.1, -0.05) is 12.1 Å². The lowest BCUT2D eigenvalue weighted by atomic mass is 10.1. The first-order chi connectivity index (χ1) is 9.54. The number of fused-ring (bicyclic) bond motifs is 1. The molecule has 0 aliphatic carbocycles. The Bertz CT molecular complexity index is 697. The lowest BCUT2D eigenvalue weighted by molar-refractivity contribution is 0.0746. The highest BCUT2D eigenvalue weighted by Crippen LogP contribution is 2.26. The van der Waals surface area contributed by atoms with E-state index in [-0.39, 0.29) is 11.5 Å². The van der Waals surface area contributed by atoms with Gasteiger partial charge < -0.3 is 10.6 Å². The quantitative estimate of drug-likeness (QED) is 0.810. The smallest absolute Gasteiger partial charge is 0.257 e. The molecule has 4 heteroatoms. The van der Waals surface area contributed by atoms with Crippen molar-refractivity contribution in [3.63, 3.8) is 0 Å². The normalized spacial score (nSPS) is 13.4. The molecule has 1 amide bonds. The Kier molecular flexibility index (Phi) is 2.93. The molecule has 1 heterocycles. The Morgan fingerprint density at radius 3 is 2.65 bits per heavy atom. The van der Waals surface area contributed by atoms with Crippen molar-refractivity contribution in [2.24, 2.45) is 0 Å². The molecule has 0 unspecified atom stereocenters. The lowest BCUT2D eigenvalue weighted by Gasteiger charge is -2.16. The molecule has 2 aromatic rings. The highest BCUT2D eigenvalue weighted by Gasteiger charge is 2.25. The van der Waals surface area contributed by atoms with Crippen molar-refractivity contribution in [1.82, 2.24) is 4.90 Å². The number of hydrogen-bond acceptors (Lipinski definition) is 2. The number of carbonyl (C=O) groups is 1. The summed E-state index contributed by atoms with van der Waals surface area (Å²) in [7, 11) is 0. The van der Waals surface area contributed by atoms with Gasteiger partial charge in [-0.05, 0) is 47.9 Å². The zero-order chi connectivity index (χ0) is 14.3. The summed E-state index contributed by atoms with van der Waals surface area (Å²) in [6.45, 7) is 2.78. The van der Waals surface area contributed by atoms with Crippen LogP contribution >= 0.6 is 0 Å². The minimum Gasteiger partial charge on any atom is -0.399 e. The lowest BCUT2D eigenvalue weighted by Crippen LogP contribution is -2.26. The molecular formula is C16H15FN2O. The van der Waals surface area contributed by atoms with Crippen LogP contribution in [0.2, 0.25) is 0 Å². The van der Waals surface area contributed by atoms with Crippen LogP contribution < -0.4 is 5.73 Å². The third-order valence-electron chi connectivity index (χ3n) is 3.59. The van der Waals surface area contributed by atoms with Crippen LogP contribution in [-0.2, 0) is 13.1 Å². The number of aryl methyl sites for hydroxylation is 1. The van der Waals surface area contributed by atoms with E-state index in [0.717, 1.165) is 16.7 Å². The van der Waals surface area contributed by atoms with Crippen LogP contribution in [0.25, 0.3) is 0 Å². The first-order valence-electron chi connectivity index (χ1n) is 6.47. The first-order valence-corrected chi connectivity index (χ1v) is 6.47. The van der Waals surface area contributed by atoms with E-state index in [1.54, 1.807) is 24.0 Å². The predicted molar refractivity (Wildman–Crippen MR) is 75.6 cm³/mol. The number of nitrogens with zero attached hydrogens (tertiary/aromatic N) is 1. The van der Waals surface area contributed by atoms with Crippen molar-refractivity contribution < 1.29 is 9.18 Å². The summed E-state index contributed by atoms with van der Waals surface area (Å²) in [6.07, 6.45) is 0. The number of nitrogens with two attached hydrogens (primary N) is 1. The standard InChI is InChI=1S/C16H15FN2O/c1-10-2-5-14(15(17)6-10)16(20)19-8-11-3-4-13(18)7-12(11)9-19/h2-7H,8-9,18H2,1H3. The second-order valence-corrected chi connectivity index (χ2v) is 5.17. The van der Waals surface area contributed by atoms with Crippen molar-refractivity contribution in [3.05, 3.63) is 64.5 Å². The molecule has 1 aliphatic heterocycles. The van der Waals surface area contributed by atoms with E-state index >= 15 is 0 Å². The van der Waals surface area contributed by atoms with Crippen molar-refractivity contribution in [1.29, 1.82) is 0 Å². The minimum atomic E-state index is -0.467. The summed E-state index contributed by atoms with van der Waals surface area (Å²) >= 11 is 0. The van der Waals surface area contributed by atoms with Gasteiger partial charge in [0.25, 0.3) is 5.91 Å². The average molecular weight is 270 g/mol. The fraction of sp³-hybridized carbons (Fsp3) is 0.188. The summed E-state index contributed by atoms with van der Waals surface area (Å²) in [4.78, 5) is 14.0. The average Bonchev–Trinajstić information content (AvgIpc) is 2.81. The van der Waals surface area contributed by atoms with Crippen LogP contribution in [0, 0.1) is 12.7 Å². The minimum absolute atomic E-state index is 0.122. The van der Waals surface area contributed by atoms with Gasteiger partial charge in [-0.2, -0.15) is 0 Å². The van der Waals surface area contributed by atoms with Crippen LogP contribution in [0.3, 0.4) is 0 Å². The molecule has 1 aliphatic rings. The van der Waals surface area contributed by atoms with Gasteiger partial charge in [0.05, 0.1) is 5.56 Å². The molecule has 0 radical (unpaired) electrons. The van der Waals surface area contributed by atoms with E-state index in [4.69, 9.17) is 5.73 Å². The third kappa shape index (κ3) is 2.13. The maximum atomic E-state index is 13.9. The van der Waals surface area contributed by atoms with E-state index < -0.39 is 5.82 Å². The number of amides is 1.